The summed E-state index contributed by atoms with van der Waals surface area (Å²) in [7, 11) is 1.62. The molecule has 0 aliphatic carbocycles. The molecule has 2 N–H and O–H groups in total. The molecule has 6 aromatic rings. The summed E-state index contributed by atoms with van der Waals surface area (Å²) in [5.41, 5.74) is 3.31. The third-order valence-corrected chi connectivity index (χ3v) is 9.42. The first-order chi connectivity index (χ1) is 20.2. The van der Waals surface area contributed by atoms with Crippen LogP contribution in [0.3, 0.4) is 0 Å². The number of imidazole rings is 1. The number of benzene rings is 2. The van der Waals surface area contributed by atoms with E-state index in [1.165, 1.54) is 34.0 Å². The summed E-state index contributed by atoms with van der Waals surface area (Å²) in [5.74, 6) is 1.14. The van der Waals surface area contributed by atoms with Crippen LogP contribution in [0, 0.1) is 6.92 Å². The van der Waals surface area contributed by atoms with Crippen LogP contribution in [0.25, 0.3) is 36.5 Å². The molecule has 0 spiro atoms. The first-order valence-electron chi connectivity index (χ1n) is 13.1. The number of carbonyl (C=O) groups excluding carboxylic acids is 1. The van der Waals surface area contributed by atoms with E-state index in [0.29, 0.717) is 23.5 Å². The molecular formula is C29H28N6O4S3. The highest BCUT2D eigenvalue weighted by atomic mass is 32.1. The van der Waals surface area contributed by atoms with Crippen molar-refractivity contribution >= 4 is 55.1 Å². The first kappa shape index (κ1) is 28.2. The van der Waals surface area contributed by atoms with Crippen LogP contribution in [0.15, 0.2) is 48.0 Å². The van der Waals surface area contributed by atoms with Crippen molar-refractivity contribution in [1.82, 2.24) is 29.9 Å². The van der Waals surface area contributed by atoms with Gasteiger partial charge in [0.1, 0.15) is 38.8 Å². The van der Waals surface area contributed by atoms with Gasteiger partial charge in [-0.1, -0.05) is 23.5 Å². The van der Waals surface area contributed by atoms with Crippen molar-refractivity contribution < 1.29 is 19.4 Å². The Morgan fingerprint density at radius 2 is 1.90 bits per heavy atom. The molecule has 1 amide bonds. The summed E-state index contributed by atoms with van der Waals surface area (Å²) in [6, 6.07) is 11.1. The van der Waals surface area contributed by atoms with Gasteiger partial charge in [-0.25, -0.2) is 19.5 Å². The van der Waals surface area contributed by atoms with E-state index in [0.717, 1.165) is 47.2 Å². The van der Waals surface area contributed by atoms with Crippen molar-refractivity contribution in [3.8, 4) is 32.8 Å². The molecule has 10 nitrogen and oxygen atoms in total. The number of ether oxygens (including phenoxy) is 2. The van der Waals surface area contributed by atoms with Crippen molar-refractivity contribution in [3.63, 3.8) is 0 Å². The summed E-state index contributed by atoms with van der Waals surface area (Å²) in [6.07, 6.45) is 2.37. The van der Waals surface area contributed by atoms with Gasteiger partial charge in [0.15, 0.2) is 0 Å². The summed E-state index contributed by atoms with van der Waals surface area (Å²) in [4.78, 5) is 27.7. The minimum Gasteiger partial charge on any atom is -0.497 e. The molecule has 42 heavy (non-hydrogen) atoms. The molecule has 0 atom stereocenters. The smallest absolute Gasteiger partial charge is 0.251 e. The van der Waals surface area contributed by atoms with Crippen LogP contribution in [0.1, 0.15) is 41.3 Å². The number of nitrogens with zero attached hydrogens (tertiary/aromatic N) is 5. The Kier molecular flexibility index (Phi) is 7.66. The molecule has 4 heterocycles. The normalized spacial score (nSPS) is 11.8. The van der Waals surface area contributed by atoms with E-state index in [9.17, 15) is 9.90 Å². The molecule has 4 aromatic heterocycles. The van der Waals surface area contributed by atoms with E-state index < -0.39 is 5.54 Å². The second kappa shape index (κ2) is 11.4. The number of aliphatic hydroxyl groups is 1. The second-order valence-electron chi connectivity index (χ2n) is 10.3. The molecule has 0 fully saturated rings. The number of methoxy groups -OCH3 is 1. The van der Waals surface area contributed by atoms with Crippen LogP contribution < -0.4 is 14.8 Å². The molecule has 0 saturated carbocycles. The number of nitrogens with one attached hydrogen (secondary N) is 1. The first-order valence-corrected chi connectivity index (χ1v) is 15.7. The van der Waals surface area contributed by atoms with Crippen LogP contribution in [0.5, 0.6) is 11.5 Å². The molecule has 0 aliphatic rings. The SMILES string of the molecule is COc1cc(OCc2csc(-c3ccc(C(=O)NC(C)(C)CCO)cc3)n2)c2sc(-c3cn4nc(C)sc4n3)nc2c1. The average Bonchev–Trinajstić information content (AvgIpc) is 3.74. The van der Waals surface area contributed by atoms with E-state index in [-0.39, 0.29) is 19.1 Å². The molecular weight excluding hydrogens is 593 g/mol. The maximum absolute atomic E-state index is 12.6. The van der Waals surface area contributed by atoms with Crippen LogP contribution in [-0.4, -0.2) is 54.8 Å². The van der Waals surface area contributed by atoms with Gasteiger partial charge in [0, 0.05) is 40.8 Å². The minimum atomic E-state index is -0.489. The topological polar surface area (TPSA) is 124 Å². The average molecular weight is 621 g/mol. The van der Waals surface area contributed by atoms with Crippen molar-refractivity contribution in [3.05, 3.63) is 64.2 Å². The van der Waals surface area contributed by atoms with Crippen LogP contribution in [-0.2, 0) is 6.61 Å². The number of thiazole rings is 2. The number of carbonyl (C=O) groups is 1. The van der Waals surface area contributed by atoms with Crippen molar-refractivity contribution in [2.45, 2.75) is 39.3 Å². The Morgan fingerprint density at radius 3 is 2.64 bits per heavy atom. The van der Waals surface area contributed by atoms with Gasteiger partial charge >= 0.3 is 0 Å². The maximum atomic E-state index is 12.6. The Labute approximate surface area is 253 Å². The third kappa shape index (κ3) is 5.86. The van der Waals surface area contributed by atoms with Gasteiger partial charge < -0.3 is 19.9 Å². The number of aryl methyl sites for hydroxylation is 1. The quantitative estimate of drug-likeness (QED) is 0.192. The van der Waals surface area contributed by atoms with Crippen LogP contribution in [0.4, 0.5) is 0 Å². The predicted octanol–water partition coefficient (Wildman–Crippen LogP) is 5.98. The number of hydrogen-bond donors (Lipinski definition) is 2. The lowest BCUT2D eigenvalue weighted by Crippen LogP contribution is -2.44. The van der Waals surface area contributed by atoms with E-state index in [2.05, 4.69) is 15.4 Å². The lowest BCUT2D eigenvalue weighted by molar-refractivity contribution is 0.0899. The monoisotopic (exact) mass is 620 g/mol. The number of amides is 1. The van der Waals surface area contributed by atoms with Gasteiger partial charge in [0.2, 0.25) is 4.96 Å². The summed E-state index contributed by atoms with van der Waals surface area (Å²) in [5, 5.41) is 21.2. The lowest BCUT2D eigenvalue weighted by atomic mass is 10.0. The van der Waals surface area contributed by atoms with E-state index in [4.69, 9.17) is 19.4 Å². The zero-order chi connectivity index (χ0) is 29.4. The molecule has 0 saturated heterocycles. The maximum Gasteiger partial charge on any atom is 0.251 e. The van der Waals surface area contributed by atoms with Gasteiger partial charge in [-0.05, 0) is 39.3 Å². The fourth-order valence-corrected chi connectivity index (χ4v) is 6.86. The highest BCUT2D eigenvalue weighted by Gasteiger charge is 2.21. The summed E-state index contributed by atoms with van der Waals surface area (Å²) >= 11 is 4.56. The summed E-state index contributed by atoms with van der Waals surface area (Å²) < 4.78 is 14.4. The number of hydrogen-bond acceptors (Lipinski definition) is 11. The molecule has 216 valence electrons. The van der Waals surface area contributed by atoms with Gasteiger partial charge in [-0.2, -0.15) is 5.10 Å². The Bertz CT molecular complexity index is 1860. The van der Waals surface area contributed by atoms with E-state index >= 15 is 0 Å². The fourth-order valence-electron chi connectivity index (χ4n) is 4.36. The Balaban J connectivity index is 1.17. The molecule has 6 rings (SSSR count). The lowest BCUT2D eigenvalue weighted by Gasteiger charge is -2.25. The van der Waals surface area contributed by atoms with Gasteiger partial charge in [-0.15, -0.1) is 22.7 Å². The van der Waals surface area contributed by atoms with Crippen LogP contribution in [0.2, 0.25) is 0 Å². The van der Waals surface area contributed by atoms with E-state index in [1.807, 2.05) is 56.6 Å². The number of aromatic nitrogens is 5. The molecule has 0 radical (unpaired) electrons. The molecule has 0 aliphatic heterocycles. The predicted molar refractivity (Wildman–Crippen MR) is 166 cm³/mol. The van der Waals surface area contributed by atoms with Gasteiger partial charge in [0.05, 0.1) is 29.2 Å². The third-order valence-electron chi connectivity index (χ3n) is 6.54. The van der Waals surface area contributed by atoms with Crippen molar-refractivity contribution in [2.24, 2.45) is 0 Å². The Hall–Kier alpha value is -3.91. The van der Waals surface area contributed by atoms with E-state index in [1.54, 1.807) is 23.8 Å². The molecule has 0 unspecified atom stereocenters. The highest BCUT2D eigenvalue weighted by molar-refractivity contribution is 7.22. The minimum absolute atomic E-state index is 0.0121. The number of aliphatic hydroxyl groups excluding tert-OH is 1. The van der Waals surface area contributed by atoms with Gasteiger partial charge in [-0.3, -0.25) is 4.79 Å². The van der Waals surface area contributed by atoms with Gasteiger partial charge in [0.25, 0.3) is 5.91 Å². The van der Waals surface area contributed by atoms with Crippen molar-refractivity contribution in [1.29, 1.82) is 0 Å². The summed E-state index contributed by atoms with van der Waals surface area (Å²) in [6.45, 7) is 6.02. The number of fused-ring (bicyclic) bond motifs is 2. The van der Waals surface area contributed by atoms with Crippen molar-refractivity contribution in [2.75, 3.05) is 13.7 Å². The zero-order valence-corrected chi connectivity index (χ0v) is 25.8. The molecule has 13 heteroatoms. The largest absolute Gasteiger partial charge is 0.497 e. The Morgan fingerprint density at radius 1 is 1.10 bits per heavy atom. The molecule has 2 aromatic carbocycles. The fraction of sp³-hybridized carbons (Fsp3) is 0.276. The number of rotatable bonds is 10. The zero-order valence-electron chi connectivity index (χ0n) is 23.4. The molecule has 0 bridgehead atoms. The second-order valence-corrected chi connectivity index (χ2v) is 13.3. The van der Waals surface area contributed by atoms with Crippen LogP contribution >= 0.6 is 34.0 Å². The standard InChI is InChI=1S/C29H28N6O4S3/c1-16-34-35-13-22(32-28(35)41-16)27-31-21-11-20(38-4)12-23(24(21)42-27)39-14-19-15-40-26(30-19)18-7-5-17(6-8-18)25(37)33-29(2,3)9-10-36/h5-8,11-13,15,36H,9-10,14H2,1-4H3,(H,33,37). The highest BCUT2D eigenvalue weighted by Crippen LogP contribution is 2.39.